The Morgan fingerprint density at radius 1 is 1.32 bits per heavy atom. The minimum absolute atomic E-state index is 0.00341. The molecule has 1 saturated heterocycles. The first-order valence-corrected chi connectivity index (χ1v) is 9.49. The van der Waals surface area contributed by atoms with E-state index in [2.05, 4.69) is 0 Å². The second-order valence-corrected chi connectivity index (χ2v) is 7.73. The van der Waals surface area contributed by atoms with E-state index in [4.69, 9.17) is 22.1 Å². The van der Waals surface area contributed by atoms with Gasteiger partial charge in [0.05, 0.1) is 17.9 Å². The highest BCUT2D eigenvalue weighted by Crippen LogP contribution is 2.37. The summed E-state index contributed by atoms with van der Waals surface area (Å²) in [5.41, 5.74) is 0.887. The van der Waals surface area contributed by atoms with Crippen LogP contribution in [0.4, 0.5) is 0 Å². The maximum Gasteiger partial charge on any atom is 0.306 e. The first kappa shape index (κ1) is 17.9. The van der Waals surface area contributed by atoms with E-state index in [1.54, 1.807) is 17.0 Å². The first-order chi connectivity index (χ1) is 12.0. The maximum absolute atomic E-state index is 12.6. The van der Waals surface area contributed by atoms with Crippen molar-refractivity contribution < 1.29 is 19.4 Å². The van der Waals surface area contributed by atoms with E-state index >= 15 is 0 Å². The van der Waals surface area contributed by atoms with Crippen molar-refractivity contribution in [3.63, 3.8) is 0 Å². The lowest BCUT2D eigenvalue weighted by Gasteiger charge is -2.21. The molecule has 0 radical (unpaired) electrons. The van der Waals surface area contributed by atoms with Crippen LogP contribution in [0.1, 0.15) is 37.7 Å². The third kappa shape index (κ3) is 4.41. The van der Waals surface area contributed by atoms with Crippen molar-refractivity contribution in [2.24, 2.45) is 0 Å². The number of ether oxygens (including phenoxy) is 1. The number of carbonyl (C=O) groups excluding carboxylic acids is 1. The van der Waals surface area contributed by atoms with Gasteiger partial charge in [0.15, 0.2) is 0 Å². The molecule has 0 bridgehead atoms. The van der Waals surface area contributed by atoms with Crippen molar-refractivity contribution in [3.8, 4) is 5.75 Å². The molecule has 1 aliphatic carbocycles. The summed E-state index contributed by atoms with van der Waals surface area (Å²) in [7, 11) is 0. The molecule has 0 atom stereocenters. The van der Waals surface area contributed by atoms with Crippen LogP contribution < -0.4 is 4.74 Å². The van der Waals surface area contributed by atoms with Crippen LogP contribution in [0.5, 0.6) is 5.75 Å². The number of hydrogen-bond acceptors (Lipinski definition) is 5. The molecular formula is C18H19NO4S2. The molecule has 2 fully saturated rings. The zero-order chi connectivity index (χ0) is 17.8. The Labute approximate surface area is 156 Å². The zero-order valence-corrected chi connectivity index (χ0v) is 15.3. The minimum Gasteiger partial charge on any atom is -0.493 e. The summed E-state index contributed by atoms with van der Waals surface area (Å²) in [5.74, 6) is -0.276. The van der Waals surface area contributed by atoms with Crippen LogP contribution in [0.15, 0.2) is 29.2 Å². The number of aliphatic carboxylic acids is 1. The normalized spacial score (nSPS) is 19.8. The van der Waals surface area contributed by atoms with E-state index in [-0.39, 0.29) is 25.0 Å². The van der Waals surface area contributed by atoms with Crippen molar-refractivity contribution in [2.45, 2.75) is 38.1 Å². The Kier molecular flexibility index (Phi) is 5.75. The van der Waals surface area contributed by atoms with E-state index < -0.39 is 5.97 Å². The molecule has 7 heteroatoms. The molecule has 1 heterocycles. The standard InChI is InChI=1S/C18H19NO4S2/c20-16(21)9-10-23-14-7-5-12(6-8-14)11-15-17(22)19(18(24)25-15)13-3-1-2-4-13/h5-8,11,13H,1-4,9-10H2,(H,20,21)/b15-11+. The summed E-state index contributed by atoms with van der Waals surface area (Å²) in [6.07, 6.45) is 6.18. The summed E-state index contributed by atoms with van der Waals surface area (Å²) in [6.45, 7) is 0.134. The summed E-state index contributed by atoms with van der Waals surface area (Å²) < 4.78 is 6.01. The van der Waals surface area contributed by atoms with Gasteiger partial charge in [0.1, 0.15) is 10.1 Å². The molecule has 1 aliphatic heterocycles. The van der Waals surface area contributed by atoms with Crippen LogP contribution in [0.25, 0.3) is 6.08 Å². The molecule has 0 spiro atoms. The van der Waals surface area contributed by atoms with Crippen LogP contribution >= 0.6 is 24.0 Å². The highest BCUT2D eigenvalue weighted by molar-refractivity contribution is 8.26. The SMILES string of the molecule is O=C(O)CCOc1ccc(/C=C2/SC(=S)N(C3CCCC3)C2=O)cc1. The number of carboxylic acid groups (broad SMARTS) is 1. The van der Waals surface area contributed by atoms with Gasteiger partial charge in [-0.3, -0.25) is 14.5 Å². The van der Waals surface area contributed by atoms with Gasteiger partial charge in [-0.05, 0) is 36.6 Å². The molecule has 1 saturated carbocycles. The molecule has 1 aromatic carbocycles. The topological polar surface area (TPSA) is 66.8 Å². The second-order valence-electron chi connectivity index (χ2n) is 6.05. The second kappa shape index (κ2) is 8.01. The smallest absolute Gasteiger partial charge is 0.306 e. The number of hydrogen-bond donors (Lipinski definition) is 1. The Hall–Kier alpha value is -1.86. The van der Waals surface area contributed by atoms with E-state index in [1.165, 1.54) is 11.8 Å². The van der Waals surface area contributed by atoms with Gasteiger partial charge >= 0.3 is 5.97 Å². The van der Waals surface area contributed by atoms with Gasteiger partial charge in [-0.1, -0.05) is 49.0 Å². The number of amides is 1. The molecule has 0 aromatic heterocycles. The number of thiocarbonyl (C=S) groups is 1. The molecule has 5 nitrogen and oxygen atoms in total. The van der Waals surface area contributed by atoms with Crippen LogP contribution in [-0.2, 0) is 9.59 Å². The molecule has 3 rings (SSSR count). The molecular weight excluding hydrogens is 358 g/mol. The number of thioether (sulfide) groups is 1. The molecule has 2 aliphatic rings. The van der Waals surface area contributed by atoms with Gasteiger partial charge in [0.2, 0.25) is 0 Å². The van der Waals surface area contributed by atoms with Gasteiger partial charge in [0, 0.05) is 6.04 Å². The zero-order valence-electron chi connectivity index (χ0n) is 13.6. The third-order valence-electron chi connectivity index (χ3n) is 4.28. The molecule has 132 valence electrons. The Morgan fingerprint density at radius 2 is 2.00 bits per heavy atom. The number of carboxylic acids is 1. The van der Waals surface area contributed by atoms with Crippen LogP contribution in [0.2, 0.25) is 0 Å². The van der Waals surface area contributed by atoms with E-state index in [0.717, 1.165) is 31.2 Å². The van der Waals surface area contributed by atoms with Gasteiger partial charge in [-0.15, -0.1) is 0 Å². The number of nitrogens with zero attached hydrogens (tertiary/aromatic N) is 1. The number of rotatable bonds is 6. The lowest BCUT2D eigenvalue weighted by atomic mass is 10.2. The quantitative estimate of drug-likeness (QED) is 0.602. The predicted octanol–water partition coefficient (Wildman–Crippen LogP) is 3.68. The van der Waals surface area contributed by atoms with E-state index in [1.807, 2.05) is 18.2 Å². The average Bonchev–Trinajstić information content (AvgIpc) is 3.17. The molecule has 25 heavy (non-hydrogen) atoms. The average molecular weight is 377 g/mol. The summed E-state index contributed by atoms with van der Waals surface area (Å²) >= 11 is 6.75. The number of benzene rings is 1. The highest BCUT2D eigenvalue weighted by Gasteiger charge is 2.37. The monoisotopic (exact) mass is 377 g/mol. The van der Waals surface area contributed by atoms with Crippen LogP contribution in [0.3, 0.4) is 0 Å². The van der Waals surface area contributed by atoms with Crippen LogP contribution in [0, 0.1) is 0 Å². The Morgan fingerprint density at radius 3 is 2.64 bits per heavy atom. The fourth-order valence-electron chi connectivity index (χ4n) is 3.02. The summed E-state index contributed by atoms with van der Waals surface area (Å²) in [4.78, 5) is 25.6. The highest BCUT2D eigenvalue weighted by atomic mass is 32.2. The predicted molar refractivity (Wildman–Crippen MR) is 101 cm³/mol. The number of carbonyl (C=O) groups is 2. The summed E-state index contributed by atoms with van der Waals surface area (Å²) in [5, 5.41) is 8.60. The fraction of sp³-hybridized carbons (Fsp3) is 0.389. The van der Waals surface area contributed by atoms with Crippen LogP contribution in [-0.4, -0.2) is 38.9 Å². The van der Waals surface area contributed by atoms with E-state index in [0.29, 0.717) is 15.0 Å². The van der Waals surface area contributed by atoms with E-state index in [9.17, 15) is 9.59 Å². The van der Waals surface area contributed by atoms with Crippen molar-refractivity contribution in [3.05, 3.63) is 34.7 Å². The Bertz CT molecular complexity index is 708. The Balaban J connectivity index is 1.65. The van der Waals surface area contributed by atoms with Crippen molar-refractivity contribution >= 4 is 46.3 Å². The third-order valence-corrected chi connectivity index (χ3v) is 5.61. The molecule has 0 unspecified atom stereocenters. The lowest BCUT2D eigenvalue weighted by Crippen LogP contribution is -2.36. The van der Waals surface area contributed by atoms with Gasteiger partial charge in [-0.2, -0.15) is 0 Å². The molecule has 1 aromatic rings. The minimum atomic E-state index is -0.888. The fourth-order valence-corrected chi connectivity index (χ4v) is 4.43. The summed E-state index contributed by atoms with van der Waals surface area (Å²) in [6, 6.07) is 7.48. The van der Waals surface area contributed by atoms with Gasteiger partial charge < -0.3 is 9.84 Å². The molecule has 1 N–H and O–H groups in total. The first-order valence-electron chi connectivity index (χ1n) is 8.26. The molecule has 1 amide bonds. The van der Waals surface area contributed by atoms with Crippen molar-refractivity contribution in [2.75, 3.05) is 6.61 Å². The van der Waals surface area contributed by atoms with Crippen molar-refractivity contribution in [1.29, 1.82) is 0 Å². The van der Waals surface area contributed by atoms with Gasteiger partial charge in [0.25, 0.3) is 5.91 Å². The maximum atomic E-state index is 12.6. The van der Waals surface area contributed by atoms with Gasteiger partial charge in [-0.25, -0.2) is 0 Å². The van der Waals surface area contributed by atoms with Crippen molar-refractivity contribution in [1.82, 2.24) is 4.90 Å². The lowest BCUT2D eigenvalue weighted by molar-refractivity contribution is -0.137. The largest absolute Gasteiger partial charge is 0.493 e.